The minimum absolute atomic E-state index is 0.145. The summed E-state index contributed by atoms with van der Waals surface area (Å²) in [6.45, 7) is 0.636. The Hall–Kier alpha value is -4.10. The molecule has 35 heavy (non-hydrogen) atoms. The maximum absolute atomic E-state index is 14.8. The molecule has 0 radical (unpaired) electrons. The van der Waals surface area contributed by atoms with Crippen LogP contribution in [0.25, 0.3) is 11.3 Å². The van der Waals surface area contributed by atoms with Gasteiger partial charge in [-0.2, -0.15) is 0 Å². The molecule has 4 heterocycles. The standard InChI is InChI=1S/C22H20FN5O7/c23-18-5-14(27-8-15(10-29)35-22(27)30)2-3-17(18)19-4-1-13(6-24-19)11-33-16-7-26-9-20(28(31)32)25-21(26)34-12-16/h1-6,9,15-16,29H,7-8,10-12H2/t15-,16-/m0/s1. The number of nitrogens with zero attached hydrogens (tertiary/aromatic N) is 5. The first-order valence-corrected chi connectivity index (χ1v) is 10.7. The fraction of sp³-hybridized carbons (Fsp3) is 0.318. The molecule has 1 amide bonds. The number of anilines is 1. The van der Waals surface area contributed by atoms with Crippen LogP contribution < -0.4 is 9.64 Å². The zero-order valence-corrected chi connectivity index (χ0v) is 18.2. The van der Waals surface area contributed by atoms with Gasteiger partial charge in [-0.3, -0.25) is 14.5 Å². The minimum atomic E-state index is -0.637. The summed E-state index contributed by atoms with van der Waals surface area (Å²) in [5.41, 5.74) is 1.76. The summed E-state index contributed by atoms with van der Waals surface area (Å²) in [7, 11) is 0. The number of aliphatic hydroxyl groups excluding tert-OH is 1. The topological polar surface area (TPSA) is 142 Å². The monoisotopic (exact) mass is 485 g/mol. The fourth-order valence-electron chi connectivity index (χ4n) is 3.85. The van der Waals surface area contributed by atoms with Crippen LogP contribution in [0.4, 0.5) is 20.7 Å². The van der Waals surface area contributed by atoms with Gasteiger partial charge in [-0.1, -0.05) is 6.07 Å². The number of ether oxygens (including phenoxy) is 3. The van der Waals surface area contributed by atoms with Crippen LogP contribution in [-0.2, 0) is 22.6 Å². The van der Waals surface area contributed by atoms with Gasteiger partial charge in [-0.25, -0.2) is 9.18 Å². The molecular weight excluding hydrogens is 465 g/mol. The lowest BCUT2D eigenvalue weighted by molar-refractivity contribution is -0.389. The Balaban J connectivity index is 1.21. The molecule has 1 fully saturated rings. The Morgan fingerprint density at radius 2 is 2.14 bits per heavy atom. The third-order valence-corrected chi connectivity index (χ3v) is 5.64. The number of aliphatic hydroxyl groups is 1. The van der Waals surface area contributed by atoms with Crippen LogP contribution in [-0.4, -0.2) is 62.6 Å². The van der Waals surface area contributed by atoms with Crippen molar-refractivity contribution in [3.63, 3.8) is 0 Å². The Labute approximate surface area is 197 Å². The highest BCUT2D eigenvalue weighted by molar-refractivity contribution is 5.90. The lowest BCUT2D eigenvalue weighted by Gasteiger charge is -2.22. The minimum Gasteiger partial charge on any atom is -0.443 e. The smallest absolute Gasteiger partial charge is 0.414 e. The number of aromatic nitrogens is 3. The quantitative estimate of drug-likeness (QED) is 0.394. The number of fused-ring (bicyclic) bond motifs is 1. The van der Waals surface area contributed by atoms with Crippen LogP contribution in [0.15, 0.2) is 42.7 Å². The number of hydrogen-bond donors (Lipinski definition) is 1. The number of pyridine rings is 1. The van der Waals surface area contributed by atoms with Crippen molar-refractivity contribution in [2.24, 2.45) is 0 Å². The van der Waals surface area contributed by atoms with Gasteiger partial charge in [0, 0.05) is 16.7 Å². The van der Waals surface area contributed by atoms with Gasteiger partial charge in [0.15, 0.2) is 0 Å². The van der Waals surface area contributed by atoms with Gasteiger partial charge < -0.3 is 29.4 Å². The van der Waals surface area contributed by atoms with E-state index >= 15 is 0 Å². The van der Waals surface area contributed by atoms with Crippen molar-refractivity contribution in [1.29, 1.82) is 0 Å². The Morgan fingerprint density at radius 1 is 1.29 bits per heavy atom. The highest BCUT2D eigenvalue weighted by Gasteiger charge is 2.32. The van der Waals surface area contributed by atoms with E-state index in [0.29, 0.717) is 17.9 Å². The van der Waals surface area contributed by atoms with Crippen molar-refractivity contribution in [1.82, 2.24) is 14.5 Å². The first-order valence-electron chi connectivity index (χ1n) is 10.7. The maximum atomic E-state index is 14.8. The molecule has 2 aromatic heterocycles. The highest BCUT2D eigenvalue weighted by atomic mass is 19.1. The third-order valence-electron chi connectivity index (χ3n) is 5.64. The van der Waals surface area contributed by atoms with Crippen molar-refractivity contribution < 1.29 is 33.4 Å². The predicted octanol–water partition coefficient (Wildman–Crippen LogP) is 2.29. The van der Waals surface area contributed by atoms with Crippen LogP contribution in [0.2, 0.25) is 0 Å². The normalized spacial score (nSPS) is 19.3. The molecule has 0 saturated carbocycles. The van der Waals surface area contributed by atoms with E-state index < -0.39 is 22.9 Å². The SMILES string of the molecule is O=C1O[C@H](CO)CN1c1ccc(-c2ccc(CO[C@@H]3COc4nc([N+](=O)[O-])cn4C3)cn2)c(F)c1. The number of carbonyl (C=O) groups is 1. The second kappa shape index (κ2) is 9.27. The van der Waals surface area contributed by atoms with E-state index in [0.717, 1.165) is 5.56 Å². The molecule has 0 unspecified atom stereocenters. The molecular formula is C22H20FN5O7. The lowest BCUT2D eigenvalue weighted by atomic mass is 10.1. The van der Waals surface area contributed by atoms with E-state index in [2.05, 4.69) is 9.97 Å². The van der Waals surface area contributed by atoms with Crippen molar-refractivity contribution in [3.05, 3.63) is 64.2 Å². The Morgan fingerprint density at radius 3 is 2.83 bits per heavy atom. The van der Waals surface area contributed by atoms with Crippen molar-refractivity contribution in [2.75, 3.05) is 24.7 Å². The zero-order valence-electron chi connectivity index (χ0n) is 18.2. The first-order chi connectivity index (χ1) is 16.9. The van der Waals surface area contributed by atoms with Crippen LogP contribution in [0.5, 0.6) is 6.01 Å². The van der Waals surface area contributed by atoms with Crippen molar-refractivity contribution in [2.45, 2.75) is 25.4 Å². The van der Waals surface area contributed by atoms with E-state index in [1.807, 2.05) is 0 Å². The predicted molar refractivity (Wildman–Crippen MR) is 117 cm³/mol. The second-order valence-corrected chi connectivity index (χ2v) is 8.05. The molecule has 1 N–H and O–H groups in total. The third kappa shape index (κ3) is 4.63. The molecule has 13 heteroatoms. The molecule has 0 aliphatic carbocycles. The van der Waals surface area contributed by atoms with E-state index in [-0.39, 0.29) is 49.9 Å². The summed E-state index contributed by atoms with van der Waals surface area (Å²) in [6, 6.07) is 7.96. The second-order valence-electron chi connectivity index (χ2n) is 8.05. The molecule has 1 aromatic carbocycles. The van der Waals surface area contributed by atoms with Gasteiger partial charge in [-0.15, -0.1) is 0 Å². The number of benzene rings is 1. The fourth-order valence-corrected chi connectivity index (χ4v) is 3.85. The number of nitro groups is 1. The average molecular weight is 485 g/mol. The number of carbonyl (C=O) groups excluding carboxylic acids is 1. The van der Waals surface area contributed by atoms with Crippen LogP contribution in [0.1, 0.15) is 5.56 Å². The molecule has 12 nitrogen and oxygen atoms in total. The Kier molecular flexibility index (Phi) is 6.01. The number of hydrogen-bond acceptors (Lipinski definition) is 9. The van der Waals surface area contributed by atoms with E-state index in [4.69, 9.17) is 19.3 Å². The largest absolute Gasteiger partial charge is 0.443 e. The molecule has 2 aliphatic rings. The van der Waals surface area contributed by atoms with Crippen molar-refractivity contribution >= 4 is 17.6 Å². The molecule has 0 spiro atoms. The molecule has 5 rings (SSSR count). The number of imidazole rings is 1. The first kappa shape index (κ1) is 22.7. The molecule has 0 bridgehead atoms. The summed E-state index contributed by atoms with van der Waals surface area (Å²) < 4.78 is 32.6. The van der Waals surface area contributed by atoms with Gasteiger partial charge in [-0.05, 0) is 34.8 Å². The number of amides is 1. The van der Waals surface area contributed by atoms with Gasteiger partial charge in [0.05, 0.1) is 37.7 Å². The number of rotatable bonds is 7. The summed E-state index contributed by atoms with van der Waals surface area (Å²) >= 11 is 0. The average Bonchev–Trinajstić information content (AvgIpc) is 3.46. The Bertz CT molecular complexity index is 1270. The molecule has 182 valence electrons. The molecule has 2 aliphatic heterocycles. The number of halogens is 1. The van der Waals surface area contributed by atoms with Gasteiger partial charge in [0.25, 0.3) is 0 Å². The molecule has 1 saturated heterocycles. The lowest BCUT2D eigenvalue weighted by Crippen LogP contribution is -2.32. The summed E-state index contributed by atoms with van der Waals surface area (Å²) in [5, 5.41) is 20.0. The summed E-state index contributed by atoms with van der Waals surface area (Å²) in [5.74, 6) is -0.834. The van der Waals surface area contributed by atoms with Gasteiger partial charge >= 0.3 is 17.9 Å². The van der Waals surface area contributed by atoms with Gasteiger partial charge in [0.1, 0.15) is 30.8 Å². The summed E-state index contributed by atoms with van der Waals surface area (Å²) in [6.07, 6.45) is 1.28. The van der Waals surface area contributed by atoms with E-state index in [1.165, 1.54) is 27.8 Å². The van der Waals surface area contributed by atoms with Crippen LogP contribution in [0, 0.1) is 15.9 Å². The summed E-state index contributed by atoms with van der Waals surface area (Å²) in [4.78, 5) is 31.6. The number of cyclic esters (lactones) is 1. The van der Waals surface area contributed by atoms with Gasteiger partial charge in [0.2, 0.25) is 0 Å². The van der Waals surface area contributed by atoms with E-state index in [9.17, 15) is 19.3 Å². The molecule has 3 aromatic rings. The maximum Gasteiger partial charge on any atom is 0.414 e. The molecule has 2 atom stereocenters. The van der Waals surface area contributed by atoms with E-state index in [1.54, 1.807) is 24.4 Å². The van der Waals surface area contributed by atoms with Crippen LogP contribution in [0.3, 0.4) is 0 Å². The highest BCUT2D eigenvalue weighted by Crippen LogP contribution is 2.28. The van der Waals surface area contributed by atoms with Crippen LogP contribution >= 0.6 is 0 Å². The zero-order chi connectivity index (χ0) is 24.5. The van der Waals surface area contributed by atoms with Crippen molar-refractivity contribution in [3.8, 4) is 17.3 Å².